The highest BCUT2D eigenvalue weighted by Gasteiger charge is 2.30. The number of aliphatic hydroxyl groups is 1. The van der Waals surface area contributed by atoms with Crippen LogP contribution in [0, 0.1) is 0 Å². The largest absolute Gasteiger partial charge is 0.388 e. The lowest BCUT2D eigenvalue weighted by atomic mass is 10.0. The first-order chi connectivity index (χ1) is 11.2. The van der Waals surface area contributed by atoms with E-state index < -0.39 is 6.10 Å². The van der Waals surface area contributed by atoms with Gasteiger partial charge in [0, 0.05) is 37.9 Å². The molecule has 1 aromatic heterocycles. The van der Waals surface area contributed by atoms with Crippen LogP contribution in [0.2, 0.25) is 0 Å². The normalized spacial score (nSPS) is 19.0. The molecule has 0 spiro atoms. The van der Waals surface area contributed by atoms with Crippen molar-refractivity contribution in [3.05, 3.63) is 54.4 Å². The van der Waals surface area contributed by atoms with E-state index in [-0.39, 0.29) is 11.9 Å². The van der Waals surface area contributed by atoms with Gasteiger partial charge in [-0.05, 0) is 30.9 Å². The number of aliphatic hydroxyl groups excluding tert-OH is 1. The maximum absolute atomic E-state index is 12.5. The second kappa shape index (κ2) is 7.42. The minimum absolute atomic E-state index is 0.135. The third-order valence-electron chi connectivity index (χ3n) is 4.49. The Morgan fingerprint density at radius 3 is 2.87 bits per heavy atom. The molecule has 0 bridgehead atoms. The first-order valence-electron chi connectivity index (χ1n) is 8.24. The van der Waals surface area contributed by atoms with Crippen LogP contribution < -0.4 is 0 Å². The summed E-state index contributed by atoms with van der Waals surface area (Å²) in [5, 5.41) is 14.5. The van der Waals surface area contributed by atoms with Gasteiger partial charge in [0.1, 0.15) is 0 Å². The molecular weight excluding hydrogens is 290 g/mol. The van der Waals surface area contributed by atoms with Gasteiger partial charge in [-0.25, -0.2) is 0 Å². The van der Waals surface area contributed by atoms with Crippen LogP contribution >= 0.6 is 0 Å². The molecule has 2 unspecified atom stereocenters. The molecule has 122 valence electrons. The Balaban J connectivity index is 1.55. The summed E-state index contributed by atoms with van der Waals surface area (Å²) in [6, 6.07) is 11.7. The Kier molecular flexibility index (Phi) is 5.08. The van der Waals surface area contributed by atoms with E-state index in [0.29, 0.717) is 19.4 Å². The predicted octanol–water partition coefficient (Wildman–Crippen LogP) is 2.39. The Morgan fingerprint density at radius 1 is 1.30 bits per heavy atom. The predicted molar refractivity (Wildman–Crippen MR) is 87.6 cm³/mol. The molecular formula is C18H23N3O2. The average molecular weight is 313 g/mol. The number of benzene rings is 1. The fourth-order valence-electron chi connectivity index (χ4n) is 3.26. The third-order valence-corrected chi connectivity index (χ3v) is 4.49. The second-order valence-corrected chi connectivity index (χ2v) is 6.06. The molecule has 0 aliphatic carbocycles. The summed E-state index contributed by atoms with van der Waals surface area (Å²) in [4.78, 5) is 14.4. The van der Waals surface area contributed by atoms with Crippen molar-refractivity contribution in [2.24, 2.45) is 0 Å². The number of amides is 1. The van der Waals surface area contributed by atoms with Crippen LogP contribution in [0.4, 0.5) is 0 Å². The van der Waals surface area contributed by atoms with E-state index in [9.17, 15) is 9.90 Å². The van der Waals surface area contributed by atoms with E-state index in [1.54, 1.807) is 10.9 Å². The monoisotopic (exact) mass is 313 g/mol. The lowest BCUT2D eigenvalue weighted by molar-refractivity contribution is -0.132. The molecule has 1 amide bonds. The third kappa shape index (κ3) is 3.99. The summed E-state index contributed by atoms with van der Waals surface area (Å²) in [7, 11) is 0. The summed E-state index contributed by atoms with van der Waals surface area (Å²) >= 11 is 0. The van der Waals surface area contributed by atoms with Gasteiger partial charge < -0.3 is 10.0 Å². The molecule has 5 heteroatoms. The van der Waals surface area contributed by atoms with Crippen LogP contribution in [0.25, 0.3) is 0 Å². The van der Waals surface area contributed by atoms with Crippen molar-refractivity contribution in [1.82, 2.24) is 14.7 Å². The van der Waals surface area contributed by atoms with Gasteiger partial charge in [-0.3, -0.25) is 9.48 Å². The van der Waals surface area contributed by atoms with Crippen LogP contribution in [0.15, 0.2) is 48.8 Å². The first-order valence-corrected chi connectivity index (χ1v) is 8.24. The van der Waals surface area contributed by atoms with Crippen LogP contribution in [0.5, 0.6) is 0 Å². The van der Waals surface area contributed by atoms with Crippen LogP contribution in [0.1, 0.15) is 37.4 Å². The maximum Gasteiger partial charge on any atom is 0.224 e. The van der Waals surface area contributed by atoms with Crippen molar-refractivity contribution in [2.45, 2.75) is 44.4 Å². The zero-order valence-corrected chi connectivity index (χ0v) is 13.2. The molecule has 2 heterocycles. The van der Waals surface area contributed by atoms with Crippen molar-refractivity contribution in [2.75, 3.05) is 6.54 Å². The first kappa shape index (κ1) is 15.7. The number of hydrogen-bond donors (Lipinski definition) is 1. The minimum atomic E-state index is -0.513. The van der Waals surface area contributed by atoms with Crippen LogP contribution in [0.3, 0.4) is 0 Å². The number of carbonyl (C=O) groups is 1. The Bertz CT molecular complexity index is 612. The number of hydrogen-bond acceptors (Lipinski definition) is 3. The molecule has 1 saturated heterocycles. The number of carbonyl (C=O) groups excluding carboxylic acids is 1. The number of aryl methyl sites for hydroxylation is 1. The molecule has 0 radical (unpaired) electrons. The molecule has 2 aromatic rings. The van der Waals surface area contributed by atoms with Crippen LogP contribution in [-0.4, -0.2) is 38.3 Å². The molecule has 23 heavy (non-hydrogen) atoms. The summed E-state index contributed by atoms with van der Waals surface area (Å²) in [5.74, 6) is 0.156. The van der Waals surface area contributed by atoms with E-state index in [0.717, 1.165) is 24.9 Å². The molecule has 0 saturated carbocycles. The SMILES string of the molecule is O=C(CCn1cccn1)N1CCCC1CC(O)c1ccccc1. The van der Waals surface area contributed by atoms with Gasteiger partial charge in [0.15, 0.2) is 0 Å². The highest BCUT2D eigenvalue weighted by Crippen LogP contribution is 2.27. The van der Waals surface area contributed by atoms with Crippen LogP contribution in [-0.2, 0) is 11.3 Å². The van der Waals surface area contributed by atoms with Crippen molar-refractivity contribution in [3.8, 4) is 0 Å². The smallest absolute Gasteiger partial charge is 0.224 e. The van der Waals surface area contributed by atoms with Gasteiger partial charge in [-0.1, -0.05) is 30.3 Å². The zero-order valence-electron chi connectivity index (χ0n) is 13.2. The minimum Gasteiger partial charge on any atom is -0.388 e. The standard InChI is InChI=1S/C18H23N3O2/c22-17(15-6-2-1-3-7-15)14-16-8-4-12-21(16)18(23)9-13-20-11-5-10-19-20/h1-3,5-7,10-11,16-17,22H,4,8-9,12-14H2. The van der Waals surface area contributed by atoms with Gasteiger partial charge >= 0.3 is 0 Å². The second-order valence-electron chi connectivity index (χ2n) is 6.06. The fraction of sp³-hybridized carbons (Fsp3) is 0.444. The lowest BCUT2D eigenvalue weighted by Gasteiger charge is -2.27. The number of nitrogens with zero attached hydrogens (tertiary/aromatic N) is 3. The topological polar surface area (TPSA) is 58.4 Å². The van der Waals surface area contributed by atoms with Crippen molar-refractivity contribution in [3.63, 3.8) is 0 Å². The highest BCUT2D eigenvalue weighted by atomic mass is 16.3. The summed E-state index contributed by atoms with van der Waals surface area (Å²) < 4.78 is 1.78. The quantitative estimate of drug-likeness (QED) is 0.891. The molecule has 1 aliphatic rings. The van der Waals surface area contributed by atoms with E-state index in [1.165, 1.54) is 0 Å². The zero-order chi connectivity index (χ0) is 16.1. The summed E-state index contributed by atoms with van der Waals surface area (Å²) in [6.07, 6.45) is 6.13. The maximum atomic E-state index is 12.5. The fourth-order valence-corrected chi connectivity index (χ4v) is 3.26. The van der Waals surface area contributed by atoms with Gasteiger partial charge in [0.25, 0.3) is 0 Å². The molecule has 2 atom stereocenters. The molecule has 1 aliphatic heterocycles. The van der Waals surface area contributed by atoms with Gasteiger partial charge in [0.2, 0.25) is 5.91 Å². The summed E-state index contributed by atoms with van der Waals surface area (Å²) in [6.45, 7) is 1.40. The van der Waals surface area contributed by atoms with Gasteiger partial charge in [0.05, 0.1) is 6.10 Å². The van der Waals surface area contributed by atoms with E-state index in [2.05, 4.69) is 5.10 Å². The lowest BCUT2D eigenvalue weighted by Crippen LogP contribution is -2.36. The summed E-state index contributed by atoms with van der Waals surface area (Å²) in [5.41, 5.74) is 0.920. The Hall–Kier alpha value is -2.14. The number of likely N-dealkylation sites (tertiary alicyclic amines) is 1. The molecule has 1 fully saturated rings. The van der Waals surface area contributed by atoms with Crippen molar-refractivity contribution >= 4 is 5.91 Å². The van der Waals surface area contributed by atoms with Gasteiger partial charge in [-0.15, -0.1) is 0 Å². The number of aromatic nitrogens is 2. The molecule has 1 N–H and O–H groups in total. The average Bonchev–Trinajstić information content (AvgIpc) is 3.25. The Morgan fingerprint density at radius 2 is 2.13 bits per heavy atom. The highest BCUT2D eigenvalue weighted by molar-refractivity contribution is 5.76. The number of rotatable bonds is 6. The van der Waals surface area contributed by atoms with Crippen molar-refractivity contribution in [1.29, 1.82) is 0 Å². The molecule has 3 rings (SSSR count). The Labute approximate surface area is 136 Å². The van der Waals surface area contributed by atoms with E-state index in [1.807, 2.05) is 47.5 Å². The van der Waals surface area contributed by atoms with E-state index >= 15 is 0 Å². The van der Waals surface area contributed by atoms with Gasteiger partial charge in [-0.2, -0.15) is 5.10 Å². The van der Waals surface area contributed by atoms with Crippen molar-refractivity contribution < 1.29 is 9.90 Å². The van der Waals surface area contributed by atoms with E-state index in [4.69, 9.17) is 0 Å². The molecule has 5 nitrogen and oxygen atoms in total. The molecule has 1 aromatic carbocycles.